The summed E-state index contributed by atoms with van der Waals surface area (Å²) < 4.78 is 11.8. The number of fused-ring (bicyclic) bond motifs is 3. The zero-order valence-corrected chi connectivity index (χ0v) is 22.0. The summed E-state index contributed by atoms with van der Waals surface area (Å²) in [5.74, 6) is 0.127. The molecule has 37 heavy (non-hydrogen) atoms. The van der Waals surface area contributed by atoms with E-state index in [1.165, 1.54) is 7.11 Å². The Bertz CT molecular complexity index is 1020. The Balaban J connectivity index is 1.78. The molecule has 0 unspecified atom stereocenters. The number of amides is 2. The van der Waals surface area contributed by atoms with Gasteiger partial charge in [0.15, 0.2) is 11.5 Å². The topological polar surface area (TPSA) is 129 Å². The quantitative estimate of drug-likeness (QED) is 0.374. The summed E-state index contributed by atoms with van der Waals surface area (Å²) in [7, 11) is 1.50. The number of nitrogens with zero attached hydrogens (tertiary/aromatic N) is 1. The summed E-state index contributed by atoms with van der Waals surface area (Å²) in [5.41, 5.74) is 1.62. The fourth-order valence-corrected chi connectivity index (χ4v) is 5.83. The Morgan fingerprint density at radius 3 is 2.57 bits per heavy atom. The molecule has 204 valence electrons. The maximum atomic E-state index is 13.7. The second-order valence-corrected chi connectivity index (χ2v) is 10.7. The first-order chi connectivity index (χ1) is 17.8. The van der Waals surface area contributed by atoms with E-state index in [0.717, 1.165) is 32.1 Å². The van der Waals surface area contributed by atoms with Crippen molar-refractivity contribution in [2.75, 3.05) is 26.8 Å². The van der Waals surface area contributed by atoms with Crippen LogP contribution in [-0.4, -0.2) is 77.1 Å². The third-order valence-electron chi connectivity index (χ3n) is 7.79. The second kappa shape index (κ2) is 11.8. The SMILES string of the molecule is COc1cc(CO)cc2c1O[C@@H]1[C@@H](O)[C@H](N(CCC(C)C)C(=O)C3CCCC3)C=C(C(=O)NCCO)[C@H]21. The van der Waals surface area contributed by atoms with E-state index < -0.39 is 24.2 Å². The molecule has 9 heteroatoms. The molecule has 0 radical (unpaired) electrons. The number of ether oxygens (including phenoxy) is 2. The molecule has 1 aliphatic heterocycles. The van der Waals surface area contributed by atoms with Crippen molar-refractivity contribution in [1.82, 2.24) is 10.2 Å². The number of nitrogens with one attached hydrogen (secondary N) is 1. The predicted octanol–water partition coefficient (Wildman–Crippen LogP) is 1.87. The number of benzene rings is 1. The fourth-order valence-electron chi connectivity index (χ4n) is 5.83. The van der Waals surface area contributed by atoms with Crippen molar-refractivity contribution in [3.05, 3.63) is 34.9 Å². The lowest BCUT2D eigenvalue weighted by Crippen LogP contribution is -2.57. The van der Waals surface area contributed by atoms with Crippen molar-refractivity contribution in [3.63, 3.8) is 0 Å². The van der Waals surface area contributed by atoms with Gasteiger partial charge in [-0.05, 0) is 49.0 Å². The maximum Gasteiger partial charge on any atom is 0.247 e. The van der Waals surface area contributed by atoms with Crippen molar-refractivity contribution in [2.45, 2.75) is 76.7 Å². The lowest BCUT2D eigenvalue weighted by Gasteiger charge is -2.41. The van der Waals surface area contributed by atoms with Gasteiger partial charge in [-0.1, -0.05) is 26.7 Å². The highest BCUT2D eigenvalue weighted by molar-refractivity contribution is 5.96. The first-order valence-corrected chi connectivity index (χ1v) is 13.4. The Morgan fingerprint density at radius 1 is 1.22 bits per heavy atom. The van der Waals surface area contributed by atoms with Crippen LogP contribution >= 0.6 is 0 Å². The van der Waals surface area contributed by atoms with Crippen molar-refractivity contribution in [2.24, 2.45) is 11.8 Å². The van der Waals surface area contributed by atoms with Crippen LogP contribution in [0.2, 0.25) is 0 Å². The molecule has 0 saturated heterocycles. The highest BCUT2D eigenvalue weighted by Gasteiger charge is 2.51. The minimum atomic E-state index is -1.08. The molecule has 3 aliphatic rings. The molecule has 1 aromatic rings. The predicted molar refractivity (Wildman–Crippen MR) is 137 cm³/mol. The highest BCUT2D eigenvalue weighted by Crippen LogP contribution is 2.51. The number of carbonyl (C=O) groups is 2. The Kier molecular flexibility index (Phi) is 8.77. The third-order valence-corrected chi connectivity index (χ3v) is 7.79. The number of aliphatic hydroxyl groups is 3. The van der Waals surface area contributed by atoms with Crippen molar-refractivity contribution < 1.29 is 34.4 Å². The lowest BCUT2D eigenvalue weighted by atomic mass is 9.77. The molecule has 1 saturated carbocycles. The van der Waals surface area contributed by atoms with E-state index >= 15 is 0 Å². The molecule has 0 aromatic heterocycles. The number of carbonyl (C=O) groups excluding carboxylic acids is 2. The van der Waals surface area contributed by atoms with Gasteiger partial charge in [-0.2, -0.15) is 0 Å². The molecule has 1 heterocycles. The normalized spacial score (nSPS) is 24.8. The zero-order valence-electron chi connectivity index (χ0n) is 22.0. The van der Waals surface area contributed by atoms with E-state index in [1.54, 1.807) is 23.1 Å². The van der Waals surface area contributed by atoms with E-state index in [0.29, 0.717) is 40.7 Å². The summed E-state index contributed by atoms with van der Waals surface area (Å²) in [6.07, 6.45) is 4.29. The summed E-state index contributed by atoms with van der Waals surface area (Å²) in [6, 6.07) is 2.71. The van der Waals surface area contributed by atoms with Crippen LogP contribution in [0, 0.1) is 11.8 Å². The summed E-state index contributed by atoms with van der Waals surface area (Å²) >= 11 is 0. The average molecular weight is 517 g/mol. The van der Waals surface area contributed by atoms with Gasteiger partial charge in [0.1, 0.15) is 12.2 Å². The van der Waals surface area contributed by atoms with E-state index in [4.69, 9.17) is 9.47 Å². The van der Waals surface area contributed by atoms with Crippen molar-refractivity contribution in [1.29, 1.82) is 0 Å². The summed E-state index contributed by atoms with van der Waals surface area (Å²) in [4.78, 5) is 28.8. The van der Waals surface area contributed by atoms with Crippen LogP contribution in [0.1, 0.15) is 63.0 Å². The molecular formula is C28H40N2O7. The number of methoxy groups -OCH3 is 1. The van der Waals surface area contributed by atoms with E-state index in [-0.39, 0.29) is 37.5 Å². The van der Waals surface area contributed by atoms with E-state index in [2.05, 4.69) is 19.2 Å². The van der Waals surface area contributed by atoms with Gasteiger partial charge in [0, 0.05) is 30.1 Å². The lowest BCUT2D eigenvalue weighted by molar-refractivity contribution is -0.141. The van der Waals surface area contributed by atoms with Gasteiger partial charge in [-0.15, -0.1) is 0 Å². The third kappa shape index (κ3) is 5.49. The fraction of sp³-hybridized carbons (Fsp3) is 0.643. The molecule has 2 aliphatic carbocycles. The molecule has 1 aromatic carbocycles. The smallest absolute Gasteiger partial charge is 0.247 e. The highest BCUT2D eigenvalue weighted by atomic mass is 16.5. The second-order valence-electron chi connectivity index (χ2n) is 10.7. The zero-order chi connectivity index (χ0) is 26.7. The Labute approximate surface area is 218 Å². The minimum Gasteiger partial charge on any atom is -0.493 e. The number of hydrogen-bond donors (Lipinski definition) is 4. The molecule has 2 amide bonds. The summed E-state index contributed by atoms with van der Waals surface area (Å²) in [5, 5.41) is 33.5. The Hall–Kier alpha value is -2.62. The molecular weight excluding hydrogens is 476 g/mol. The average Bonchev–Trinajstić information content (AvgIpc) is 3.56. The van der Waals surface area contributed by atoms with Crippen molar-refractivity contribution in [3.8, 4) is 11.5 Å². The van der Waals surface area contributed by atoms with Crippen LogP contribution in [0.15, 0.2) is 23.8 Å². The first-order valence-electron chi connectivity index (χ1n) is 13.4. The number of aliphatic hydroxyl groups excluding tert-OH is 3. The van der Waals surface area contributed by atoms with E-state index in [9.17, 15) is 24.9 Å². The molecule has 1 fully saturated rings. The molecule has 0 spiro atoms. The molecule has 9 nitrogen and oxygen atoms in total. The molecule has 4 rings (SSSR count). The largest absolute Gasteiger partial charge is 0.493 e. The minimum absolute atomic E-state index is 0.0164. The summed E-state index contributed by atoms with van der Waals surface area (Å²) in [6.45, 7) is 4.30. The maximum absolute atomic E-state index is 13.7. The van der Waals surface area contributed by atoms with Crippen LogP contribution < -0.4 is 14.8 Å². The van der Waals surface area contributed by atoms with Gasteiger partial charge in [-0.25, -0.2) is 0 Å². The van der Waals surface area contributed by atoms with Gasteiger partial charge in [-0.3, -0.25) is 9.59 Å². The van der Waals surface area contributed by atoms with Gasteiger partial charge in [0.2, 0.25) is 11.8 Å². The van der Waals surface area contributed by atoms with Gasteiger partial charge in [0.25, 0.3) is 0 Å². The molecule has 0 bridgehead atoms. The monoisotopic (exact) mass is 516 g/mol. The van der Waals surface area contributed by atoms with Gasteiger partial charge >= 0.3 is 0 Å². The number of rotatable bonds is 10. The van der Waals surface area contributed by atoms with Crippen LogP contribution in [0.3, 0.4) is 0 Å². The van der Waals surface area contributed by atoms with E-state index in [1.807, 2.05) is 0 Å². The van der Waals surface area contributed by atoms with Crippen LogP contribution in [0.4, 0.5) is 0 Å². The number of hydrogen-bond acceptors (Lipinski definition) is 7. The molecule has 4 N–H and O–H groups in total. The van der Waals surface area contributed by atoms with Gasteiger partial charge in [0.05, 0.1) is 32.3 Å². The first kappa shape index (κ1) is 27.4. The van der Waals surface area contributed by atoms with Gasteiger partial charge < -0.3 is 35.0 Å². The van der Waals surface area contributed by atoms with Crippen LogP contribution in [0.5, 0.6) is 11.5 Å². The molecule has 4 atom stereocenters. The van der Waals surface area contributed by atoms with Crippen molar-refractivity contribution >= 4 is 11.8 Å². The standard InChI is InChI=1S/C28H40N2O7/c1-16(2)8-10-30(28(35)18-6-4-5-7-18)21-14-20(27(34)29-9-11-31)23-19-12-17(15-32)13-22(36-3)25(19)37-26(23)24(21)33/h12-14,16,18,21,23-24,26,31-33H,4-11,15H2,1-3H3,(H,29,34)/t21-,23+,24+,26+/m1/s1. The Morgan fingerprint density at radius 2 is 1.95 bits per heavy atom. The van der Waals surface area contributed by atoms with Crippen LogP contribution in [0.25, 0.3) is 0 Å². The van der Waals surface area contributed by atoms with Crippen LogP contribution in [-0.2, 0) is 16.2 Å².